The molecule has 2 rings (SSSR count). The van der Waals surface area contributed by atoms with E-state index in [0.29, 0.717) is 0 Å². The first-order valence-electron chi connectivity index (χ1n) is 5.30. The number of pyridine rings is 2. The van der Waals surface area contributed by atoms with Crippen LogP contribution in [0.15, 0.2) is 39.7 Å². The summed E-state index contributed by atoms with van der Waals surface area (Å²) in [4.78, 5) is 8.57. The van der Waals surface area contributed by atoms with Crippen LogP contribution in [-0.2, 0) is 0 Å². The highest BCUT2D eigenvalue weighted by Crippen LogP contribution is 2.28. The zero-order chi connectivity index (χ0) is 13.1. The zero-order valence-corrected chi connectivity index (χ0v) is 12.9. The second-order valence-electron chi connectivity index (χ2n) is 3.92. The number of nitrogens with zero attached hydrogens (tertiary/aromatic N) is 2. The van der Waals surface area contributed by atoms with E-state index >= 15 is 0 Å². The number of aryl methyl sites for hydroxylation is 1. The van der Waals surface area contributed by atoms with Crippen molar-refractivity contribution in [1.82, 2.24) is 15.4 Å². The Hall–Kier alpha value is -0.820. The minimum Gasteiger partial charge on any atom is -0.271 e. The van der Waals surface area contributed by atoms with Gasteiger partial charge in [-0.25, -0.2) is 5.43 Å². The van der Waals surface area contributed by atoms with Crippen molar-refractivity contribution in [1.29, 1.82) is 0 Å². The average molecular weight is 372 g/mol. The number of nitrogens with one attached hydrogen (secondary N) is 1. The summed E-state index contributed by atoms with van der Waals surface area (Å²) < 4.78 is 1.80. The van der Waals surface area contributed by atoms with Crippen molar-refractivity contribution in [2.45, 2.75) is 13.0 Å². The first kappa shape index (κ1) is 13.6. The summed E-state index contributed by atoms with van der Waals surface area (Å²) in [6.45, 7) is 1.99. The van der Waals surface area contributed by atoms with E-state index in [4.69, 9.17) is 5.84 Å². The molecule has 0 amide bonds. The smallest absolute Gasteiger partial charge is 0.0907 e. The Labute approximate surface area is 122 Å². The van der Waals surface area contributed by atoms with Crippen molar-refractivity contribution in [3.8, 4) is 0 Å². The Bertz CT molecular complexity index is 560. The summed E-state index contributed by atoms with van der Waals surface area (Å²) in [5, 5.41) is 0. The van der Waals surface area contributed by atoms with Crippen LogP contribution in [0.1, 0.15) is 22.9 Å². The second-order valence-corrected chi connectivity index (χ2v) is 5.69. The Kier molecular flexibility index (Phi) is 4.45. The molecule has 3 N–H and O–H groups in total. The van der Waals surface area contributed by atoms with Crippen LogP contribution in [0, 0.1) is 6.92 Å². The van der Waals surface area contributed by atoms with E-state index in [1.165, 1.54) is 0 Å². The molecule has 1 atom stereocenters. The Morgan fingerprint density at radius 3 is 2.61 bits per heavy atom. The summed E-state index contributed by atoms with van der Waals surface area (Å²) in [5.74, 6) is 5.64. The van der Waals surface area contributed by atoms with Gasteiger partial charge in [-0.3, -0.25) is 15.8 Å². The van der Waals surface area contributed by atoms with Crippen LogP contribution < -0.4 is 11.3 Å². The third-order valence-electron chi connectivity index (χ3n) is 2.51. The van der Waals surface area contributed by atoms with Crippen LogP contribution in [0.4, 0.5) is 0 Å². The predicted molar refractivity (Wildman–Crippen MR) is 77.8 cm³/mol. The third kappa shape index (κ3) is 2.95. The SMILES string of the molecule is Cc1cncc(C(NN)c2ncc(Br)cc2Br)c1. The summed E-state index contributed by atoms with van der Waals surface area (Å²) in [6.07, 6.45) is 5.34. The first-order chi connectivity index (χ1) is 8.61. The van der Waals surface area contributed by atoms with E-state index < -0.39 is 0 Å². The number of hydrogen-bond acceptors (Lipinski definition) is 4. The van der Waals surface area contributed by atoms with Crippen molar-refractivity contribution in [3.63, 3.8) is 0 Å². The monoisotopic (exact) mass is 370 g/mol. The van der Waals surface area contributed by atoms with Gasteiger partial charge in [0.1, 0.15) is 0 Å². The maximum atomic E-state index is 5.64. The van der Waals surface area contributed by atoms with E-state index in [1.54, 1.807) is 18.6 Å². The van der Waals surface area contributed by atoms with E-state index in [2.05, 4.69) is 47.3 Å². The fourth-order valence-electron chi connectivity index (χ4n) is 1.71. The third-order valence-corrected chi connectivity index (χ3v) is 3.57. The van der Waals surface area contributed by atoms with Crippen molar-refractivity contribution in [2.75, 3.05) is 0 Å². The molecule has 18 heavy (non-hydrogen) atoms. The average Bonchev–Trinajstić information content (AvgIpc) is 2.33. The lowest BCUT2D eigenvalue weighted by Gasteiger charge is -2.17. The maximum absolute atomic E-state index is 5.64. The number of rotatable bonds is 3. The van der Waals surface area contributed by atoms with Gasteiger partial charge in [0.15, 0.2) is 0 Å². The molecule has 0 fully saturated rings. The lowest BCUT2D eigenvalue weighted by molar-refractivity contribution is 0.615. The van der Waals surface area contributed by atoms with Gasteiger partial charge in [0.05, 0.1) is 11.7 Å². The van der Waals surface area contributed by atoms with E-state index in [-0.39, 0.29) is 6.04 Å². The van der Waals surface area contributed by atoms with Crippen LogP contribution in [0.5, 0.6) is 0 Å². The van der Waals surface area contributed by atoms with Crippen LogP contribution in [-0.4, -0.2) is 9.97 Å². The molecule has 0 aromatic carbocycles. The summed E-state index contributed by atoms with van der Waals surface area (Å²) in [6, 6.07) is 3.78. The Balaban J connectivity index is 2.45. The number of halogens is 2. The number of aromatic nitrogens is 2. The zero-order valence-electron chi connectivity index (χ0n) is 9.69. The molecule has 6 heteroatoms. The standard InChI is InChI=1S/C12H12Br2N4/c1-7-2-8(5-16-4-7)11(18-15)12-10(14)3-9(13)6-17-12/h2-6,11,18H,15H2,1H3. The van der Waals surface area contributed by atoms with Gasteiger partial charge < -0.3 is 0 Å². The van der Waals surface area contributed by atoms with Gasteiger partial charge in [0.2, 0.25) is 0 Å². The molecule has 1 unspecified atom stereocenters. The van der Waals surface area contributed by atoms with Crippen molar-refractivity contribution >= 4 is 31.9 Å². The molecule has 0 spiro atoms. The molecule has 0 saturated carbocycles. The molecular weight excluding hydrogens is 360 g/mol. The highest BCUT2D eigenvalue weighted by Gasteiger charge is 2.17. The largest absolute Gasteiger partial charge is 0.271 e. The molecule has 0 saturated heterocycles. The molecule has 4 nitrogen and oxygen atoms in total. The predicted octanol–water partition coefficient (Wildman–Crippen LogP) is 2.86. The van der Waals surface area contributed by atoms with Crippen LogP contribution in [0.3, 0.4) is 0 Å². The fourth-order valence-corrected chi connectivity index (χ4v) is 2.92. The van der Waals surface area contributed by atoms with Crippen molar-refractivity contribution in [3.05, 3.63) is 56.5 Å². The minimum absolute atomic E-state index is 0.195. The second kappa shape index (κ2) is 5.88. The lowest BCUT2D eigenvalue weighted by atomic mass is 10.0. The van der Waals surface area contributed by atoms with E-state index in [9.17, 15) is 0 Å². The van der Waals surface area contributed by atoms with E-state index in [1.807, 2.05) is 19.1 Å². The number of hydrazine groups is 1. The van der Waals surface area contributed by atoms with Gasteiger partial charge in [-0.2, -0.15) is 0 Å². The van der Waals surface area contributed by atoms with Gasteiger partial charge in [-0.15, -0.1) is 0 Å². The van der Waals surface area contributed by atoms with Gasteiger partial charge in [0, 0.05) is 27.5 Å². The van der Waals surface area contributed by atoms with Gasteiger partial charge in [0.25, 0.3) is 0 Å². The molecule has 0 bridgehead atoms. The van der Waals surface area contributed by atoms with Crippen molar-refractivity contribution < 1.29 is 0 Å². The first-order valence-corrected chi connectivity index (χ1v) is 6.89. The van der Waals surface area contributed by atoms with E-state index in [0.717, 1.165) is 25.8 Å². The number of nitrogens with two attached hydrogens (primary N) is 1. The van der Waals surface area contributed by atoms with Gasteiger partial charge in [-0.05, 0) is 56.0 Å². The van der Waals surface area contributed by atoms with Gasteiger partial charge >= 0.3 is 0 Å². The molecule has 94 valence electrons. The molecule has 0 radical (unpaired) electrons. The minimum atomic E-state index is -0.195. The van der Waals surface area contributed by atoms with Crippen LogP contribution >= 0.6 is 31.9 Å². The summed E-state index contributed by atoms with van der Waals surface area (Å²) in [7, 11) is 0. The fraction of sp³-hybridized carbons (Fsp3) is 0.167. The Morgan fingerprint density at radius 2 is 2.00 bits per heavy atom. The lowest BCUT2D eigenvalue weighted by Crippen LogP contribution is -2.30. The molecular formula is C12H12Br2N4. The van der Waals surface area contributed by atoms with Crippen LogP contribution in [0.25, 0.3) is 0 Å². The quantitative estimate of drug-likeness (QED) is 0.643. The highest BCUT2D eigenvalue weighted by molar-refractivity contribution is 9.11. The maximum Gasteiger partial charge on any atom is 0.0907 e. The molecule has 0 aliphatic heterocycles. The molecule has 0 aliphatic rings. The molecule has 2 aromatic rings. The summed E-state index contributed by atoms with van der Waals surface area (Å²) >= 11 is 6.87. The summed E-state index contributed by atoms with van der Waals surface area (Å²) in [5.41, 5.74) is 5.67. The highest BCUT2D eigenvalue weighted by atomic mass is 79.9. The van der Waals surface area contributed by atoms with Crippen LogP contribution in [0.2, 0.25) is 0 Å². The van der Waals surface area contributed by atoms with Gasteiger partial charge in [-0.1, -0.05) is 6.07 Å². The number of hydrogen-bond donors (Lipinski definition) is 2. The molecule has 0 aliphatic carbocycles. The molecule has 2 aromatic heterocycles. The van der Waals surface area contributed by atoms with Crippen molar-refractivity contribution in [2.24, 2.45) is 5.84 Å². The topological polar surface area (TPSA) is 63.8 Å². The molecule has 2 heterocycles. The normalized spacial score (nSPS) is 12.4. The Morgan fingerprint density at radius 1 is 1.22 bits per heavy atom.